The van der Waals surface area contributed by atoms with Crippen LogP contribution in [0.25, 0.3) is 0 Å². The minimum atomic E-state index is -1.11. The highest BCUT2D eigenvalue weighted by Gasteiger charge is 2.41. The molecule has 35 heavy (non-hydrogen) atoms. The molecule has 2 fully saturated rings. The maximum atomic E-state index is 12.7. The first kappa shape index (κ1) is 24.3. The van der Waals surface area contributed by atoms with Crippen LogP contribution in [-0.4, -0.2) is 56.8 Å². The lowest BCUT2D eigenvalue weighted by molar-refractivity contribution is 0.0523. The number of carbonyl (C=O) groups excluding carboxylic acids is 1. The van der Waals surface area contributed by atoms with E-state index in [-0.39, 0.29) is 12.1 Å². The van der Waals surface area contributed by atoms with Crippen LogP contribution >= 0.6 is 11.6 Å². The van der Waals surface area contributed by atoms with Gasteiger partial charge in [0.05, 0.1) is 28.6 Å². The van der Waals surface area contributed by atoms with E-state index >= 15 is 0 Å². The van der Waals surface area contributed by atoms with Crippen molar-refractivity contribution in [2.75, 3.05) is 29.1 Å². The normalized spacial score (nSPS) is 24.1. The van der Waals surface area contributed by atoms with Gasteiger partial charge in [-0.25, -0.2) is 9.78 Å². The third kappa shape index (κ3) is 5.72. The Labute approximate surface area is 213 Å². The fourth-order valence-electron chi connectivity index (χ4n) is 4.72. The van der Waals surface area contributed by atoms with Crippen LogP contribution in [0.5, 0.6) is 0 Å². The summed E-state index contributed by atoms with van der Waals surface area (Å²) in [6.07, 6.45) is 3.07. The molecule has 8 nitrogen and oxygen atoms in total. The molecule has 0 bridgehead atoms. The lowest BCUT2D eigenvalue weighted by Crippen LogP contribution is -2.36. The number of alkyl carbamates (subject to hydrolysis) is 1. The van der Waals surface area contributed by atoms with E-state index in [1.165, 1.54) is 5.56 Å². The lowest BCUT2D eigenvalue weighted by Gasteiger charge is -2.32. The van der Waals surface area contributed by atoms with Crippen LogP contribution in [0.3, 0.4) is 0 Å². The number of piperidine rings is 1. The van der Waals surface area contributed by atoms with E-state index in [0.29, 0.717) is 34.8 Å². The molecule has 1 saturated heterocycles. The van der Waals surface area contributed by atoms with Crippen LogP contribution in [0.2, 0.25) is 5.02 Å². The number of ether oxygens (including phenoxy) is 1. The van der Waals surface area contributed by atoms with E-state index < -0.39 is 22.5 Å². The van der Waals surface area contributed by atoms with Gasteiger partial charge in [0.15, 0.2) is 0 Å². The number of aromatic nitrogens is 2. The monoisotopic (exact) mass is 517 g/mol. The standard InChI is InChI=1S/C25H32ClN5O3S/c1-25(2,3)34-24(32)29-20-14-19(20)27-22-21-18(10-13-35(21)33)28-23(30-22)31-11-8-16(9-12-31)15-4-6-17(26)7-5-15/h4-7,16,19-20H,8-14H2,1-3H3,(H,29,32)(H,27,28,30)/t19?,20-,35?/m0/s1. The molecule has 10 heteroatoms. The van der Waals surface area contributed by atoms with E-state index in [1.54, 1.807) is 0 Å². The summed E-state index contributed by atoms with van der Waals surface area (Å²) >= 11 is 6.05. The number of hydrogen-bond donors (Lipinski definition) is 2. The molecule has 2 unspecified atom stereocenters. The Bertz CT molecular complexity index is 1130. The average molecular weight is 518 g/mol. The number of carbonyl (C=O) groups is 1. The molecule has 3 heterocycles. The van der Waals surface area contributed by atoms with E-state index in [4.69, 9.17) is 26.3 Å². The average Bonchev–Trinajstić information content (AvgIpc) is 3.40. The molecule has 3 aliphatic rings. The Hall–Kier alpha value is -2.39. The first-order valence-corrected chi connectivity index (χ1v) is 13.9. The Kier molecular flexibility index (Phi) is 6.65. The van der Waals surface area contributed by atoms with E-state index in [1.807, 2.05) is 32.9 Å². The number of amides is 1. The van der Waals surface area contributed by atoms with Crippen molar-refractivity contribution >= 4 is 40.3 Å². The molecular formula is C25H32ClN5O3S. The van der Waals surface area contributed by atoms with Crippen LogP contribution in [0.15, 0.2) is 29.2 Å². The highest BCUT2D eigenvalue weighted by Crippen LogP contribution is 2.36. The SMILES string of the molecule is CC(C)(C)OC(=O)N[C@H]1CC1Nc1nc(N2CCC(c3ccc(Cl)cc3)CC2)nc2c1S(=O)CC2. The summed E-state index contributed by atoms with van der Waals surface area (Å²) in [5.74, 6) is 2.40. The summed E-state index contributed by atoms with van der Waals surface area (Å²) in [6, 6.07) is 8.13. The van der Waals surface area contributed by atoms with Crippen molar-refractivity contribution in [1.82, 2.24) is 15.3 Å². The fourth-order valence-corrected chi connectivity index (χ4v) is 6.16. The van der Waals surface area contributed by atoms with Gasteiger partial charge in [0.1, 0.15) is 16.3 Å². The number of aryl methyl sites for hydroxylation is 1. The molecule has 2 N–H and O–H groups in total. The van der Waals surface area contributed by atoms with Gasteiger partial charge in [0.25, 0.3) is 0 Å². The molecule has 0 spiro atoms. The zero-order chi connectivity index (χ0) is 24.7. The van der Waals surface area contributed by atoms with Crippen molar-refractivity contribution in [3.05, 3.63) is 40.5 Å². The van der Waals surface area contributed by atoms with Crippen molar-refractivity contribution in [2.45, 2.75) is 75.0 Å². The zero-order valence-corrected chi connectivity index (χ0v) is 21.9. The number of anilines is 2. The second-order valence-electron chi connectivity index (χ2n) is 10.5. The molecule has 3 atom stereocenters. The molecule has 188 valence electrons. The van der Waals surface area contributed by atoms with Crippen molar-refractivity contribution in [3.8, 4) is 0 Å². The highest BCUT2D eigenvalue weighted by atomic mass is 35.5. The Morgan fingerprint density at radius 1 is 1.14 bits per heavy atom. The van der Waals surface area contributed by atoms with E-state index in [9.17, 15) is 9.00 Å². The molecule has 5 rings (SSSR count). The first-order chi connectivity index (χ1) is 16.7. The number of nitrogens with zero attached hydrogens (tertiary/aromatic N) is 3. The van der Waals surface area contributed by atoms with Gasteiger partial charge < -0.3 is 20.3 Å². The van der Waals surface area contributed by atoms with Gasteiger partial charge >= 0.3 is 6.09 Å². The van der Waals surface area contributed by atoms with Crippen LogP contribution in [0.4, 0.5) is 16.6 Å². The van der Waals surface area contributed by atoms with E-state index in [2.05, 4.69) is 27.7 Å². The first-order valence-electron chi connectivity index (χ1n) is 12.2. The second kappa shape index (κ2) is 9.58. The Balaban J connectivity index is 1.26. The molecule has 2 aromatic rings. The summed E-state index contributed by atoms with van der Waals surface area (Å²) in [7, 11) is -1.11. The van der Waals surface area contributed by atoms with Crippen LogP contribution < -0.4 is 15.5 Å². The highest BCUT2D eigenvalue weighted by molar-refractivity contribution is 7.85. The van der Waals surface area contributed by atoms with Gasteiger partial charge in [-0.05, 0) is 63.6 Å². The van der Waals surface area contributed by atoms with Crippen molar-refractivity contribution in [1.29, 1.82) is 0 Å². The topological polar surface area (TPSA) is 96.4 Å². The summed E-state index contributed by atoms with van der Waals surface area (Å²) in [5, 5.41) is 7.09. The fraction of sp³-hybridized carbons (Fsp3) is 0.560. The van der Waals surface area contributed by atoms with Crippen molar-refractivity contribution in [2.24, 2.45) is 0 Å². The minimum Gasteiger partial charge on any atom is -0.444 e. The smallest absolute Gasteiger partial charge is 0.407 e. The largest absolute Gasteiger partial charge is 0.444 e. The molecule has 2 aliphatic heterocycles. The summed E-state index contributed by atoms with van der Waals surface area (Å²) in [6.45, 7) is 7.25. The molecule has 1 aromatic heterocycles. The van der Waals surface area contributed by atoms with Gasteiger partial charge in [0, 0.05) is 30.3 Å². The summed E-state index contributed by atoms with van der Waals surface area (Å²) in [4.78, 5) is 24.7. The molecule has 1 aromatic carbocycles. The zero-order valence-electron chi connectivity index (χ0n) is 20.3. The lowest BCUT2D eigenvalue weighted by atomic mass is 9.89. The Morgan fingerprint density at radius 2 is 1.86 bits per heavy atom. The van der Waals surface area contributed by atoms with Gasteiger partial charge in [-0.1, -0.05) is 23.7 Å². The number of benzene rings is 1. The number of hydrogen-bond acceptors (Lipinski definition) is 7. The van der Waals surface area contributed by atoms with Gasteiger partial charge in [-0.15, -0.1) is 0 Å². The number of fused-ring (bicyclic) bond motifs is 1. The van der Waals surface area contributed by atoms with Gasteiger partial charge in [0.2, 0.25) is 5.95 Å². The minimum absolute atomic E-state index is 0.0302. The van der Waals surface area contributed by atoms with Crippen molar-refractivity contribution in [3.63, 3.8) is 0 Å². The second-order valence-corrected chi connectivity index (χ2v) is 12.4. The molecule has 1 aliphatic carbocycles. The number of halogens is 1. The molecular weight excluding hydrogens is 486 g/mol. The summed E-state index contributed by atoms with van der Waals surface area (Å²) in [5.41, 5.74) is 1.65. The number of rotatable bonds is 5. The third-order valence-corrected chi connectivity index (χ3v) is 8.32. The summed E-state index contributed by atoms with van der Waals surface area (Å²) < 4.78 is 18.1. The van der Waals surface area contributed by atoms with E-state index in [0.717, 1.165) is 43.1 Å². The van der Waals surface area contributed by atoms with Crippen LogP contribution in [-0.2, 0) is 22.0 Å². The predicted molar refractivity (Wildman–Crippen MR) is 138 cm³/mol. The Morgan fingerprint density at radius 3 is 2.54 bits per heavy atom. The molecule has 0 radical (unpaired) electrons. The predicted octanol–water partition coefficient (Wildman–Crippen LogP) is 4.26. The van der Waals surface area contributed by atoms with Crippen LogP contribution in [0, 0.1) is 0 Å². The van der Waals surface area contributed by atoms with Crippen molar-refractivity contribution < 1.29 is 13.7 Å². The quantitative estimate of drug-likeness (QED) is 0.611. The van der Waals surface area contributed by atoms with Gasteiger partial charge in [-0.2, -0.15) is 4.98 Å². The maximum absolute atomic E-state index is 12.7. The number of nitrogens with one attached hydrogen (secondary N) is 2. The van der Waals surface area contributed by atoms with Gasteiger partial charge in [-0.3, -0.25) is 4.21 Å². The third-order valence-electron chi connectivity index (χ3n) is 6.61. The molecule has 1 amide bonds. The van der Waals surface area contributed by atoms with Crippen LogP contribution in [0.1, 0.15) is 57.2 Å². The maximum Gasteiger partial charge on any atom is 0.407 e. The molecule has 1 saturated carbocycles.